The Hall–Kier alpha value is -2.60. The van der Waals surface area contributed by atoms with E-state index < -0.39 is 15.9 Å². The van der Waals surface area contributed by atoms with Gasteiger partial charge < -0.3 is 4.74 Å². The normalized spacial score (nSPS) is 11.3. The third-order valence-electron chi connectivity index (χ3n) is 3.00. The third-order valence-corrected chi connectivity index (χ3v) is 4.22. The Morgan fingerprint density at radius 1 is 1.09 bits per heavy atom. The van der Waals surface area contributed by atoms with Crippen molar-refractivity contribution < 1.29 is 17.9 Å². The Labute approximate surface area is 135 Å². The van der Waals surface area contributed by atoms with Crippen LogP contribution < -0.4 is 9.46 Å². The topological polar surface area (TPSA) is 72.5 Å². The molecule has 0 aliphatic rings. The van der Waals surface area contributed by atoms with E-state index in [4.69, 9.17) is 4.74 Å². The summed E-state index contributed by atoms with van der Waals surface area (Å²) >= 11 is 0. The van der Waals surface area contributed by atoms with Crippen molar-refractivity contribution in [2.75, 3.05) is 7.11 Å². The molecule has 0 spiro atoms. The second kappa shape index (κ2) is 7.60. The highest BCUT2D eigenvalue weighted by molar-refractivity contribution is 7.89. The van der Waals surface area contributed by atoms with E-state index >= 15 is 0 Å². The number of methoxy groups -OCH3 is 1. The highest BCUT2D eigenvalue weighted by atomic mass is 32.2. The highest BCUT2D eigenvalue weighted by Gasteiger charge is 2.13. The Bertz CT molecular complexity index is 781. The predicted molar refractivity (Wildman–Crippen MR) is 89.2 cm³/mol. The van der Waals surface area contributed by atoms with Crippen molar-refractivity contribution in [1.29, 1.82) is 0 Å². The molecule has 0 radical (unpaired) electrons. The van der Waals surface area contributed by atoms with Gasteiger partial charge in [0.05, 0.1) is 12.9 Å². The number of hydrogen-bond donors (Lipinski definition) is 1. The van der Waals surface area contributed by atoms with Crippen LogP contribution in [-0.4, -0.2) is 21.4 Å². The van der Waals surface area contributed by atoms with E-state index in [0.29, 0.717) is 11.3 Å². The van der Waals surface area contributed by atoms with Crippen molar-refractivity contribution in [1.82, 2.24) is 4.72 Å². The molecule has 5 nitrogen and oxygen atoms in total. The number of rotatable bonds is 6. The molecule has 0 aliphatic carbocycles. The average molecular weight is 331 g/mol. The smallest absolute Gasteiger partial charge is 0.257 e. The Kier molecular flexibility index (Phi) is 5.54. The van der Waals surface area contributed by atoms with Crippen LogP contribution in [0.2, 0.25) is 0 Å². The number of nitrogens with one attached hydrogen (secondary N) is 1. The molecule has 0 saturated heterocycles. The fraction of sp³-hybridized carbons (Fsp3) is 0.118. The molecule has 2 rings (SSSR count). The maximum atomic E-state index is 11.9. The van der Waals surface area contributed by atoms with Crippen molar-refractivity contribution in [2.45, 2.75) is 5.75 Å². The summed E-state index contributed by atoms with van der Waals surface area (Å²) in [7, 11) is -2.15. The predicted octanol–water partition coefficient (Wildman–Crippen LogP) is 2.35. The fourth-order valence-electron chi connectivity index (χ4n) is 1.90. The van der Waals surface area contributed by atoms with Gasteiger partial charge in [-0.3, -0.25) is 4.79 Å². The molecule has 2 aromatic rings. The van der Waals surface area contributed by atoms with Crippen molar-refractivity contribution >= 4 is 22.0 Å². The first-order valence-electron chi connectivity index (χ1n) is 6.89. The van der Waals surface area contributed by atoms with Gasteiger partial charge in [-0.25, -0.2) is 13.1 Å². The van der Waals surface area contributed by atoms with Gasteiger partial charge in [0.2, 0.25) is 10.0 Å². The number of sulfonamides is 1. The fourth-order valence-corrected chi connectivity index (χ4v) is 2.98. The Morgan fingerprint density at radius 2 is 1.74 bits per heavy atom. The average Bonchev–Trinajstić information content (AvgIpc) is 2.53. The second-order valence-corrected chi connectivity index (χ2v) is 6.54. The summed E-state index contributed by atoms with van der Waals surface area (Å²) in [6, 6.07) is 15.7. The summed E-state index contributed by atoms with van der Waals surface area (Å²) in [6.07, 6.45) is 2.72. The molecular formula is C17H17NO4S. The number of benzene rings is 2. The maximum Gasteiger partial charge on any atom is 0.257 e. The lowest BCUT2D eigenvalue weighted by atomic mass is 10.2. The number of carbonyl (C=O) groups is 1. The van der Waals surface area contributed by atoms with Gasteiger partial charge in [0.15, 0.2) is 0 Å². The number of hydrogen-bond acceptors (Lipinski definition) is 4. The lowest BCUT2D eigenvalue weighted by molar-refractivity contribution is -0.114. The summed E-state index contributed by atoms with van der Waals surface area (Å²) < 4.78 is 30.9. The molecular weight excluding hydrogens is 314 g/mol. The van der Waals surface area contributed by atoms with E-state index in [-0.39, 0.29) is 5.75 Å². The van der Waals surface area contributed by atoms with Crippen LogP contribution in [0.4, 0.5) is 0 Å². The molecule has 23 heavy (non-hydrogen) atoms. The minimum atomic E-state index is -3.72. The monoisotopic (exact) mass is 331 g/mol. The van der Waals surface area contributed by atoms with Crippen molar-refractivity contribution in [2.24, 2.45) is 0 Å². The molecule has 0 aromatic heterocycles. The maximum absolute atomic E-state index is 11.9. The molecule has 0 aliphatic heterocycles. The van der Waals surface area contributed by atoms with Gasteiger partial charge in [-0.15, -0.1) is 0 Å². The molecule has 1 N–H and O–H groups in total. The van der Waals surface area contributed by atoms with Gasteiger partial charge >= 0.3 is 0 Å². The quantitative estimate of drug-likeness (QED) is 0.825. The molecule has 6 heteroatoms. The number of amides is 1. The van der Waals surface area contributed by atoms with Crippen LogP contribution in [0.1, 0.15) is 11.1 Å². The molecule has 0 heterocycles. The second-order valence-electron chi connectivity index (χ2n) is 4.82. The van der Waals surface area contributed by atoms with Crippen LogP contribution in [0, 0.1) is 0 Å². The van der Waals surface area contributed by atoms with Crippen molar-refractivity contribution in [3.63, 3.8) is 0 Å². The summed E-state index contributed by atoms with van der Waals surface area (Å²) in [6.45, 7) is 0. The van der Waals surface area contributed by atoms with Gasteiger partial charge in [0, 0.05) is 6.08 Å². The van der Waals surface area contributed by atoms with Crippen LogP contribution >= 0.6 is 0 Å². The van der Waals surface area contributed by atoms with Crippen LogP contribution in [0.5, 0.6) is 5.75 Å². The zero-order valence-electron chi connectivity index (χ0n) is 12.6. The zero-order chi connectivity index (χ0) is 16.7. The Morgan fingerprint density at radius 3 is 2.35 bits per heavy atom. The van der Waals surface area contributed by atoms with E-state index in [0.717, 1.165) is 5.56 Å². The summed E-state index contributed by atoms with van der Waals surface area (Å²) in [5.41, 5.74) is 1.38. The van der Waals surface area contributed by atoms with E-state index in [1.807, 2.05) is 4.72 Å². The number of ether oxygens (including phenoxy) is 1. The highest BCUT2D eigenvalue weighted by Crippen LogP contribution is 2.12. The van der Waals surface area contributed by atoms with Crippen molar-refractivity contribution in [3.8, 4) is 5.75 Å². The largest absolute Gasteiger partial charge is 0.497 e. The molecule has 0 unspecified atom stereocenters. The van der Waals surface area contributed by atoms with E-state index in [2.05, 4.69) is 0 Å². The van der Waals surface area contributed by atoms with Crippen LogP contribution in [0.3, 0.4) is 0 Å². The van der Waals surface area contributed by atoms with Gasteiger partial charge in [0.1, 0.15) is 5.75 Å². The standard InChI is InChI=1S/C17H17NO4S/c1-22-16-10-7-14(8-11-16)9-12-17(19)18-23(20,21)13-15-5-3-2-4-6-15/h2-12H,13H2,1H3,(H,18,19)/b12-9+. The van der Waals surface area contributed by atoms with Crippen LogP contribution in [0.25, 0.3) is 6.08 Å². The molecule has 2 aromatic carbocycles. The van der Waals surface area contributed by atoms with Crippen LogP contribution in [-0.2, 0) is 20.6 Å². The van der Waals surface area contributed by atoms with Gasteiger partial charge in [-0.2, -0.15) is 0 Å². The zero-order valence-corrected chi connectivity index (χ0v) is 13.4. The van der Waals surface area contributed by atoms with E-state index in [1.165, 1.54) is 12.2 Å². The van der Waals surface area contributed by atoms with Crippen molar-refractivity contribution in [3.05, 3.63) is 71.8 Å². The lowest BCUT2D eigenvalue weighted by Gasteiger charge is -2.04. The first kappa shape index (κ1) is 16.8. The molecule has 1 amide bonds. The summed E-state index contributed by atoms with van der Waals surface area (Å²) in [4.78, 5) is 11.7. The van der Waals surface area contributed by atoms with Gasteiger partial charge in [0.25, 0.3) is 5.91 Å². The SMILES string of the molecule is COc1ccc(/C=C/C(=O)NS(=O)(=O)Cc2ccccc2)cc1. The minimum absolute atomic E-state index is 0.240. The summed E-state index contributed by atoms with van der Waals surface area (Å²) in [5.74, 6) is -0.218. The van der Waals surface area contributed by atoms with E-state index in [1.54, 1.807) is 61.7 Å². The summed E-state index contributed by atoms with van der Waals surface area (Å²) in [5, 5.41) is 0. The molecule has 120 valence electrons. The molecule has 0 atom stereocenters. The Balaban J connectivity index is 1.96. The van der Waals surface area contributed by atoms with Gasteiger partial charge in [-0.05, 0) is 29.3 Å². The number of carbonyl (C=O) groups excluding carboxylic acids is 1. The first-order chi connectivity index (χ1) is 11.0. The molecule has 0 saturated carbocycles. The van der Waals surface area contributed by atoms with Crippen LogP contribution in [0.15, 0.2) is 60.7 Å². The third kappa shape index (κ3) is 5.60. The molecule has 0 bridgehead atoms. The first-order valence-corrected chi connectivity index (χ1v) is 8.54. The molecule has 0 fully saturated rings. The minimum Gasteiger partial charge on any atom is -0.497 e. The van der Waals surface area contributed by atoms with Gasteiger partial charge in [-0.1, -0.05) is 42.5 Å². The lowest BCUT2D eigenvalue weighted by Crippen LogP contribution is -2.30. The van der Waals surface area contributed by atoms with E-state index in [9.17, 15) is 13.2 Å².